The molecule has 0 aliphatic heterocycles. The molecule has 0 aromatic heterocycles. The van der Waals surface area contributed by atoms with E-state index in [9.17, 15) is 8.42 Å². The summed E-state index contributed by atoms with van der Waals surface area (Å²) < 4.78 is 34.4. The quantitative estimate of drug-likeness (QED) is 0.285. The van der Waals surface area contributed by atoms with Crippen LogP contribution in [-0.2, 0) is 14.9 Å². The van der Waals surface area contributed by atoms with Gasteiger partial charge in [0.2, 0.25) is 0 Å². The Hall–Kier alpha value is 0.790. The molecule has 100 valence electrons. The van der Waals surface area contributed by atoms with Gasteiger partial charge in [0.15, 0.2) is 0 Å². The Morgan fingerprint density at radius 3 is 2.12 bits per heavy atom. The van der Waals surface area contributed by atoms with Crippen molar-refractivity contribution >= 4 is 39.7 Å². The third kappa shape index (κ3) is 9.38. The first-order valence-electron chi connectivity index (χ1n) is 5.14. The summed E-state index contributed by atoms with van der Waals surface area (Å²) in [5.74, 6) is -0.343. The molecular formula is C9H21NaO6S. The van der Waals surface area contributed by atoms with Crippen molar-refractivity contribution in [2.45, 2.75) is 19.8 Å². The number of aliphatic hydroxyl groups is 2. The van der Waals surface area contributed by atoms with Gasteiger partial charge in [-0.25, -0.2) is 0 Å². The number of aliphatic hydroxyl groups excluding tert-OH is 2. The molecule has 0 rings (SSSR count). The first-order valence-corrected chi connectivity index (χ1v) is 6.74. The van der Waals surface area contributed by atoms with Crippen LogP contribution in [0.5, 0.6) is 0 Å². The first-order chi connectivity index (χ1) is 7.39. The van der Waals surface area contributed by atoms with E-state index < -0.39 is 15.5 Å². The zero-order valence-electron chi connectivity index (χ0n) is 9.42. The third-order valence-electron chi connectivity index (χ3n) is 2.52. The second kappa shape index (κ2) is 9.69. The van der Waals surface area contributed by atoms with Crippen LogP contribution < -0.4 is 0 Å². The molecule has 0 aliphatic rings. The normalized spacial score (nSPS) is 12.2. The Morgan fingerprint density at radius 2 is 1.76 bits per heavy atom. The third-order valence-corrected chi connectivity index (χ3v) is 3.32. The van der Waals surface area contributed by atoms with Crippen LogP contribution in [0.25, 0.3) is 0 Å². The van der Waals surface area contributed by atoms with E-state index in [1.807, 2.05) is 6.92 Å². The molecule has 8 heteroatoms. The molecular weight excluding hydrogens is 259 g/mol. The molecule has 6 nitrogen and oxygen atoms in total. The van der Waals surface area contributed by atoms with Crippen molar-refractivity contribution in [2.75, 3.05) is 32.2 Å². The van der Waals surface area contributed by atoms with E-state index in [2.05, 4.69) is 0 Å². The maximum absolute atomic E-state index is 10.4. The topological polar surface area (TPSA) is 104 Å². The van der Waals surface area contributed by atoms with Crippen molar-refractivity contribution in [3.63, 3.8) is 0 Å². The summed E-state index contributed by atoms with van der Waals surface area (Å²) >= 11 is 0. The molecule has 0 spiro atoms. The van der Waals surface area contributed by atoms with Crippen molar-refractivity contribution in [1.29, 1.82) is 0 Å². The van der Waals surface area contributed by atoms with Gasteiger partial charge in [-0.3, -0.25) is 4.55 Å². The summed E-state index contributed by atoms with van der Waals surface area (Å²) in [5.41, 5.74) is -0.669. The summed E-state index contributed by atoms with van der Waals surface area (Å²) in [5, 5.41) is 18.2. The molecule has 3 N–H and O–H groups in total. The fourth-order valence-corrected chi connectivity index (χ4v) is 1.58. The monoisotopic (exact) mass is 280 g/mol. The van der Waals surface area contributed by atoms with E-state index in [1.165, 1.54) is 0 Å². The van der Waals surface area contributed by atoms with Gasteiger partial charge >= 0.3 is 29.6 Å². The van der Waals surface area contributed by atoms with Crippen molar-refractivity contribution in [1.82, 2.24) is 0 Å². The van der Waals surface area contributed by atoms with Gasteiger partial charge in [0.05, 0.1) is 25.6 Å². The van der Waals surface area contributed by atoms with Crippen LogP contribution in [0.1, 0.15) is 19.8 Å². The molecule has 0 aromatic carbocycles. The van der Waals surface area contributed by atoms with E-state index in [0.29, 0.717) is 6.42 Å². The standard InChI is InChI=1S/C9H20O6S.Na.H/c1-2-9(6-10,7-11)8-15-4-3-5-16(12,13)14;;/h10-11H,2-8H2,1H3,(H,12,13,14);;. The summed E-state index contributed by atoms with van der Waals surface area (Å²) in [4.78, 5) is 0. The Morgan fingerprint density at radius 1 is 1.24 bits per heavy atom. The van der Waals surface area contributed by atoms with E-state index in [-0.39, 0.29) is 68.2 Å². The molecule has 0 radical (unpaired) electrons. The van der Waals surface area contributed by atoms with Crippen LogP contribution in [0.4, 0.5) is 0 Å². The van der Waals surface area contributed by atoms with Crippen molar-refractivity contribution in [3.05, 3.63) is 0 Å². The zero-order valence-corrected chi connectivity index (χ0v) is 10.2. The van der Waals surface area contributed by atoms with Crippen LogP contribution in [-0.4, -0.2) is 84.9 Å². The predicted octanol–water partition coefficient (Wildman–Crippen LogP) is -0.987. The number of hydrogen-bond donors (Lipinski definition) is 3. The predicted molar refractivity (Wildman–Crippen MR) is 65.9 cm³/mol. The number of hydrogen-bond acceptors (Lipinski definition) is 5. The fourth-order valence-electron chi connectivity index (χ4n) is 1.10. The Balaban J connectivity index is 0. The second-order valence-corrected chi connectivity index (χ2v) is 5.43. The van der Waals surface area contributed by atoms with E-state index in [0.717, 1.165) is 0 Å². The Labute approximate surface area is 124 Å². The van der Waals surface area contributed by atoms with Crippen LogP contribution in [0.3, 0.4) is 0 Å². The molecule has 0 unspecified atom stereocenters. The number of rotatable bonds is 9. The summed E-state index contributed by atoms with van der Waals surface area (Å²) in [7, 11) is -3.94. The van der Waals surface area contributed by atoms with Gasteiger partial charge in [0, 0.05) is 12.0 Å². The average Bonchev–Trinajstić information content (AvgIpc) is 2.23. The molecule has 0 saturated heterocycles. The Bertz CT molecular complexity index is 267. The van der Waals surface area contributed by atoms with Gasteiger partial charge in [-0.2, -0.15) is 8.42 Å². The molecule has 0 saturated carbocycles. The SMILES string of the molecule is CCC(CO)(CO)COCCCS(=O)(=O)O.[NaH]. The van der Waals surface area contributed by atoms with Gasteiger partial charge in [0.25, 0.3) is 10.1 Å². The van der Waals surface area contributed by atoms with Gasteiger partial charge in [-0.1, -0.05) is 6.92 Å². The number of ether oxygens (including phenoxy) is 1. The van der Waals surface area contributed by atoms with E-state index in [4.69, 9.17) is 19.5 Å². The zero-order chi connectivity index (χ0) is 12.7. The minimum absolute atomic E-state index is 0. The summed E-state index contributed by atoms with van der Waals surface area (Å²) in [6, 6.07) is 0. The van der Waals surface area contributed by atoms with Gasteiger partial charge in [-0.15, -0.1) is 0 Å². The molecule has 0 heterocycles. The van der Waals surface area contributed by atoms with Crippen LogP contribution in [0, 0.1) is 5.41 Å². The van der Waals surface area contributed by atoms with Crippen molar-refractivity contribution in [2.24, 2.45) is 5.41 Å². The summed E-state index contributed by atoms with van der Waals surface area (Å²) in [6.45, 7) is 1.80. The van der Waals surface area contributed by atoms with Crippen LogP contribution in [0.2, 0.25) is 0 Å². The molecule has 17 heavy (non-hydrogen) atoms. The maximum atomic E-state index is 10.4. The molecule has 0 bridgehead atoms. The Kier molecular flexibility index (Phi) is 11.5. The van der Waals surface area contributed by atoms with Gasteiger partial charge in [0.1, 0.15) is 0 Å². The van der Waals surface area contributed by atoms with E-state index in [1.54, 1.807) is 0 Å². The summed E-state index contributed by atoms with van der Waals surface area (Å²) in [6.07, 6.45) is 0.758. The first kappa shape index (κ1) is 20.1. The molecule has 0 atom stereocenters. The fraction of sp³-hybridized carbons (Fsp3) is 1.00. The molecule has 0 aromatic rings. The van der Waals surface area contributed by atoms with E-state index >= 15 is 0 Å². The molecule has 0 aliphatic carbocycles. The van der Waals surface area contributed by atoms with Crippen molar-refractivity contribution < 1.29 is 27.9 Å². The van der Waals surface area contributed by atoms with Crippen molar-refractivity contribution in [3.8, 4) is 0 Å². The minimum atomic E-state index is -3.94. The van der Waals surface area contributed by atoms with Crippen LogP contribution in [0.15, 0.2) is 0 Å². The van der Waals surface area contributed by atoms with Crippen LogP contribution >= 0.6 is 0 Å². The second-order valence-electron chi connectivity index (χ2n) is 3.86. The molecule has 0 fully saturated rings. The molecule has 0 amide bonds. The van der Waals surface area contributed by atoms with Gasteiger partial charge in [-0.05, 0) is 12.8 Å². The average molecular weight is 280 g/mol. The van der Waals surface area contributed by atoms with Gasteiger partial charge < -0.3 is 14.9 Å².